The first kappa shape index (κ1) is 15.9. The van der Waals surface area contributed by atoms with E-state index in [2.05, 4.69) is 118 Å². The van der Waals surface area contributed by atoms with Crippen molar-refractivity contribution in [1.82, 2.24) is 4.57 Å². The third-order valence-corrected chi connectivity index (χ3v) is 6.12. The van der Waals surface area contributed by atoms with E-state index in [4.69, 9.17) is 0 Å². The second-order valence-electron chi connectivity index (χ2n) is 7.21. The van der Waals surface area contributed by atoms with E-state index in [9.17, 15) is 0 Å². The Morgan fingerprint density at radius 2 is 1.04 bits per heavy atom. The first-order valence-electron chi connectivity index (χ1n) is 9.40. The van der Waals surface area contributed by atoms with Crippen molar-refractivity contribution in [3.05, 3.63) is 102 Å². The first-order valence-corrected chi connectivity index (χ1v) is 10.2. The second-order valence-corrected chi connectivity index (χ2v) is 8.12. The van der Waals surface area contributed by atoms with Gasteiger partial charge >= 0.3 is 0 Å². The van der Waals surface area contributed by atoms with E-state index in [1.54, 1.807) is 0 Å². The zero-order valence-electron chi connectivity index (χ0n) is 15.1. The monoisotopic (exact) mass is 421 g/mol. The van der Waals surface area contributed by atoms with Crippen LogP contribution in [0.4, 0.5) is 0 Å². The summed E-state index contributed by atoms with van der Waals surface area (Å²) in [4.78, 5) is 0. The Bertz CT molecular complexity index is 1470. The van der Waals surface area contributed by atoms with Crippen LogP contribution in [-0.2, 0) is 0 Å². The molecule has 0 aliphatic heterocycles. The van der Waals surface area contributed by atoms with Crippen molar-refractivity contribution in [2.24, 2.45) is 0 Å². The lowest BCUT2D eigenvalue weighted by atomic mass is 10.0. The minimum absolute atomic E-state index is 1.11. The summed E-state index contributed by atoms with van der Waals surface area (Å²) in [6.07, 6.45) is 0. The highest BCUT2D eigenvalue weighted by Gasteiger charge is 2.12. The summed E-state index contributed by atoms with van der Waals surface area (Å²) in [5.41, 5.74) is 3.67. The van der Waals surface area contributed by atoms with Crippen LogP contribution in [0.1, 0.15) is 0 Å². The Labute approximate surface area is 171 Å². The number of halogens is 1. The average Bonchev–Trinajstić information content (AvgIpc) is 3.08. The highest BCUT2D eigenvalue weighted by atomic mass is 79.9. The molecule has 0 radical (unpaired) electrons. The third-order valence-electron chi connectivity index (χ3n) is 5.62. The van der Waals surface area contributed by atoms with Crippen LogP contribution in [0, 0.1) is 0 Å². The number of fused-ring (bicyclic) bond motifs is 6. The smallest absolute Gasteiger partial charge is 0.0541 e. The molecule has 28 heavy (non-hydrogen) atoms. The highest BCUT2D eigenvalue weighted by molar-refractivity contribution is 9.10. The van der Waals surface area contributed by atoms with Crippen LogP contribution < -0.4 is 0 Å². The van der Waals surface area contributed by atoms with Crippen molar-refractivity contribution in [2.45, 2.75) is 0 Å². The molecule has 0 aliphatic carbocycles. The van der Waals surface area contributed by atoms with Crippen LogP contribution >= 0.6 is 15.9 Å². The fourth-order valence-electron chi connectivity index (χ4n) is 4.35. The zero-order chi connectivity index (χ0) is 18.7. The molecular formula is C26H16BrN. The standard InChI is InChI=1S/C26H16BrN/c27-19-13-11-17-9-10-18-12-14-20(16-24(18)23(17)15-19)28-25-7-3-1-5-21(25)22-6-2-4-8-26(22)28/h1-16H. The number of para-hydroxylation sites is 2. The van der Waals surface area contributed by atoms with Crippen molar-refractivity contribution in [3.8, 4) is 5.69 Å². The summed E-state index contributed by atoms with van der Waals surface area (Å²) in [6, 6.07) is 35.0. The lowest BCUT2D eigenvalue weighted by molar-refractivity contribution is 1.19. The normalized spacial score (nSPS) is 11.8. The summed E-state index contributed by atoms with van der Waals surface area (Å²) < 4.78 is 3.48. The van der Waals surface area contributed by atoms with Gasteiger partial charge in [-0.15, -0.1) is 0 Å². The van der Waals surface area contributed by atoms with Gasteiger partial charge in [-0.25, -0.2) is 0 Å². The topological polar surface area (TPSA) is 4.93 Å². The Morgan fingerprint density at radius 1 is 0.500 bits per heavy atom. The van der Waals surface area contributed by atoms with E-state index in [1.807, 2.05) is 0 Å². The molecule has 0 N–H and O–H groups in total. The molecule has 1 aromatic heterocycles. The molecule has 0 amide bonds. The molecule has 132 valence electrons. The summed E-state index contributed by atoms with van der Waals surface area (Å²) in [6.45, 7) is 0. The van der Waals surface area contributed by atoms with Gasteiger partial charge in [0, 0.05) is 20.9 Å². The van der Waals surface area contributed by atoms with Crippen LogP contribution in [0.5, 0.6) is 0 Å². The molecule has 0 saturated carbocycles. The zero-order valence-corrected chi connectivity index (χ0v) is 16.6. The largest absolute Gasteiger partial charge is 0.309 e. The molecule has 0 bridgehead atoms. The van der Waals surface area contributed by atoms with Gasteiger partial charge in [0.25, 0.3) is 0 Å². The summed E-state index contributed by atoms with van der Waals surface area (Å²) in [5, 5.41) is 7.65. The maximum Gasteiger partial charge on any atom is 0.0541 e. The molecule has 0 spiro atoms. The number of hydrogen-bond acceptors (Lipinski definition) is 0. The molecule has 1 nitrogen and oxygen atoms in total. The SMILES string of the molecule is Brc1ccc2ccc3ccc(-n4c5ccccc5c5ccccc54)cc3c2c1. The van der Waals surface area contributed by atoms with Gasteiger partial charge in [-0.3, -0.25) is 0 Å². The van der Waals surface area contributed by atoms with E-state index in [1.165, 1.54) is 49.0 Å². The molecular weight excluding hydrogens is 406 g/mol. The van der Waals surface area contributed by atoms with Crippen LogP contribution in [0.25, 0.3) is 49.0 Å². The fourth-order valence-corrected chi connectivity index (χ4v) is 4.71. The van der Waals surface area contributed by atoms with Crippen molar-refractivity contribution in [1.29, 1.82) is 0 Å². The van der Waals surface area contributed by atoms with Crippen molar-refractivity contribution in [2.75, 3.05) is 0 Å². The Morgan fingerprint density at radius 3 is 1.71 bits per heavy atom. The van der Waals surface area contributed by atoms with Gasteiger partial charge in [-0.2, -0.15) is 0 Å². The van der Waals surface area contributed by atoms with Gasteiger partial charge in [0.2, 0.25) is 0 Å². The van der Waals surface area contributed by atoms with Gasteiger partial charge in [0.1, 0.15) is 0 Å². The number of rotatable bonds is 1. The summed E-state index contributed by atoms with van der Waals surface area (Å²) in [7, 11) is 0. The molecule has 0 saturated heterocycles. The van der Waals surface area contributed by atoms with Gasteiger partial charge in [-0.05, 0) is 57.9 Å². The summed E-state index contributed by atoms with van der Waals surface area (Å²) >= 11 is 3.64. The Balaban J connectivity index is 1.75. The molecule has 0 aliphatic rings. The molecule has 2 heteroatoms. The van der Waals surface area contributed by atoms with Crippen LogP contribution in [0.15, 0.2) is 102 Å². The maximum atomic E-state index is 3.64. The highest BCUT2D eigenvalue weighted by Crippen LogP contribution is 2.34. The molecule has 5 aromatic carbocycles. The predicted octanol–water partition coefficient (Wildman–Crippen LogP) is 7.85. The third kappa shape index (κ3) is 2.25. The van der Waals surface area contributed by atoms with Crippen molar-refractivity contribution in [3.63, 3.8) is 0 Å². The first-order chi connectivity index (χ1) is 13.8. The Kier molecular flexibility index (Phi) is 3.38. The molecule has 1 heterocycles. The van der Waals surface area contributed by atoms with E-state index >= 15 is 0 Å². The molecule has 0 atom stereocenters. The van der Waals surface area contributed by atoms with Crippen LogP contribution in [-0.4, -0.2) is 4.57 Å². The van der Waals surface area contributed by atoms with E-state index in [-0.39, 0.29) is 0 Å². The van der Waals surface area contributed by atoms with Gasteiger partial charge in [0.05, 0.1) is 11.0 Å². The number of benzene rings is 5. The maximum absolute atomic E-state index is 3.64. The lowest BCUT2D eigenvalue weighted by Gasteiger charge is -2.11. The number of hydrogen-bond donors (Lipinski definition) is 0. The molecule has 6 aromatic rings. The van der Waals surface area contributed by atoms with Crippen molar-refractivity contribution >= 4 is 59.3 Å². The fraction of sp³-hybridized carbons (Fsp3) is 0. The van der Waals surface area contributed by atoms with Crippen molar-refractivity contribution < 1.29 is 0 Å². The quantitative estimate of drug-likeness (QED) is 0.238. The van der Waals surface area contributed by atoms with Crippen LogP contribution in [0.3, 0.4) is 0 Å². The summed E-state index contributed by atoms with van der Waals surface area (Å²) in [5.74, 6) is 0. The van der Waals surface area contributed by atoms with Gasteiger partial charge in [0.15, 0.2) is 0 Å². The molecule has 6 rings (SSSR count). The molecule has 0 unspecified atom stereocenters. The number of aromatic nitrogens is 1. The minimum atomic E-state index is 1.11. The van der Waals surface area contributed by atoms with E-state index in [0.29, 0.717) is 0 Å². The second kappa shape index (κ2) is 5.95. The van der Waals surface area contributed by atoms with E-state index in [0.717, 1.165) is 4.47 Å². The van der Waals surface area contributed by atoms with Gasteiger partial charge < -0.3 is 4.57 Å². The average molecular weight is 422 g/mol. The molecule has 0 fully saturated rings. The number of nitrogens with zero attached hydrogens (tertiary/aromatic N) is 1. The van der Waals surface area contributed by atoms with E-state index < -0.39 is 0 Å². The minimum Gasteiger partial charge on any atom is -0.309 e. The lowest BCUT2D eigenvalue weighted by Crippen LogP contribution is -1.93. The van der Waals surface area contributed by atoms with Gasteiger partial charge in [-0.1, -0.05) is 76.6 Å². The Hall–Kier alpha value is -3.10. The predicted molar refractivity (Wildman–Crippen MR) is 123 cm³/mol. The van der Waals surface area contributed by atoms with Crippen LogP contribution in [0.2, 0.25) is 0 Å².